The molecule has 26 rings (SSSR count). The van der Waals surface area contributed by atoms with E-state index in [1.54, 1.807) is 0 Å². The van der Waals surface area contributed by atoms with Gasteiger partial charge in [-0.25, -0.2) is 29.9 Å². The van der Waals surface area contributed by atoms with Crippen molar-refractivity contribution in [3.63, 3.8) is 0 Å². The van der Waals surface area contributed by atoms with Crippen LogP contribution in [0.2, 0.25) is 0 Å². The number of furan rings is 2. The van der Waals surface area contributed by atoms with Gasteiger partial charge in [0.25, 0.3) is 0 Å². The molecule has 0 bridgehead atoms. The van der Waals surface area contributed by atoms with Crippen molar-refractivity contribution >= 4 is 131 Å². The van der Waals surface area contributed by atoms with Gasteiger partial charge in [-0.05, 0) is 168 Å². The van der Waals surface area contributed by atoms with E-state index >= 15 is 0 Å². The summed E-state index contributed by atoms with van der Waals surface area (Å²) in [5, 5.41) is 34.9. The largest absolute Gasteiger partial charge is 0.455 e. The molecule has 0 fully saturated rings. The van der Waals surface area contributed by atoms with Crippen molar-refractivity contribution in [2.24, 2.45) is 0 Å². The van der Waals surface area contributed by atoms with E-state index in [9.17, 15) is 10.5 Å². The van der Waals surface area contributed by atoms with Gasteiger partial charge in [0.15, 0.2) is 34.9 Å². The number of fused-ring (bicyclic) bond motifs is 22. The zero-order valence-corrected chi connectivity index (χ0v) is 69.4. The molecule has 0 unspecified atom stereocenters. The third kappa shape index (κ3) is 12.1. The Kier molecular flexibility index (Phi) is 17.4. The molecule has 604 valence electrons. The van der Waals surface area contributed by atoms with E-state index in [-0.39, 0.29) is 0 Å². The first-order chi connectivity index (χ1) is 64.4. The van der Waals surface area contributed by atoms with Gasteiger partial charge in [-0.3, -0.25) is 0 Å². The smallest absolute Gasteiger partial charge is 0.164 e. The van der Waals surface area contributed by atoms with Gasteiger partial charge in [0.1, 0.15) is 34.5 Å². The van der Waals surface area contributed by atoms with E-state index in [4.69, 9.17) is 38.7 Å². The third-order valence-corrected chi connectivity index (χ3v) is 25.2. The monoisotopic (exact) mass is 1660 g/mol. The van der Waals surface area contributed by atoms with Crippen molar-refractivity contribution in [3.05, 3.63) is 424 Å². The summed E-state index contributed by atoms with van der Waals surface area (Å²) in [7, 11) is 0. The quantitative estimate of drug-likeness (QED) is 0.115. The van der Waals surface area contributed by atoms with E-state index in [1.165, 1.54) is 16.2 Å². The second-order valence-corrected chi connectivity index (χ2v) is 32.6. The zero-order chi connectivity index (χ0) is 86.0. The fourth-order valence-corrected chi connectivity index (χ4v) is 19.4. The number of nitrogens with zero attached hydrogens (tertiary/aromatic N) is 12. The van der Waals surface area contributed by atoms with Crippen molar-refractivity contribution in [2.75, 3.05) is 0 Å². The lowest BCUT2D eigenvalue weighted by molar-refractivity contribution is 0.673. The van der Waals surface area contributed by atoms with Crippen LogP contribution in [0.1, 0.15) is 11.1 Å². The lowest BCUT2D eigenvalue weighted by Gasteiger charge is -2.13. The molecule has 0 saturated carbocycles. The minimum atomic E-state index is 0.479. The molecular weight excluding hydrogens is 1590 g/mol. The van der Waals surface area contributed by atoms with Crippen LogP contribution >= 0.6 is 0 Å². The van der Waals surface area contributed by atoms with E-state index in [0.717, 1.165) is 182 Å². The first-order valence-electron chi connectivity index (χ1n) is 43.2. The summed E-state index contributed by atoms with van der Waals surface area (Å²) >= 11 is 0. The van der Waals surface area contributed by atoms with Crippen molar-refractivity contribution < 1.29 is 8.83 Å². The number of benzene rings is 18. The van der Waals surface area contributed by atoms with E-state index in [1.807, 2.05) is 170 Å². The third-order valence-electron chi connectivity index (χ3n) is 25.2. The Morgan fingerprint density at radius 2 is 0.515 bits per heavy atom. The van der Waals surface area contributed by atoms with Crippen molar-refractivity contribution in [2.45, 2.75) is 0 Å². The van der Waals surface area contributed by atoms with Gasteiger partial charge in [-0.2, -0.15) is 10.5 Å². The predicted molar refractivity (Wildman–Crippen MR) is 524 cm³/mol. The molecule has 0 aliphatic rings. The maximum absolute atomic E-state index is 10.9. The van der Waals surface area contributed by atoms with Crippen LogP contribution < -0.4 is 0 Å². The summed E-state index contributed by atoms with van der Waals surface area (Å²) < 4.78 is 23.0. The highest BCUT2D eigenvalue weighted by atomic mass is 16.3. The van der Waals surface area contributed by atoms with Crippen LogP contribution in [0.15, 0.2) is 421 Å². The highest BCUT2D eigenvalue weighted by molar-refractivity contribution is 6.33. The molecule has 0 N–H and O–H groups in total. The topological polar surface area (TPSA) is 171 Å². The highest BCUT2D eigenvalue weighted by Crippen LogP contribution is 2.49. The SMILES string of the molecule is N#Cc1cc(-c2nc(-c3ccccc3)nc(-c3cccc(-c4ccccc4)c3)n2)ccc1-n1c2ccccc2c2c3oc4ccc5c(c6ccccc6n5-c5ccccc5)c4c3ccc21.N#Cc1cc(-c2nc(-c3ccccc3)nc(-c3cccc(-c4ccccc4)c3)n2)ccc1-n1c2ccccc2c2c3oc4ccc5c6ccccc6n(-c6ccccc6)c5c4c3ccc21. The normalized spacial score (nSPS) is 11.7. The van der Waals surface area contributed by atoms with Crippen LogP contribution in [0.25, 0.3) is 244 Å². The average molecular weight is 1660 g/mol. The Hall–Kier alpha value is -18.2. The molecule has 18 aromatic carbocycles. The molecular formula is C116H68N12O2. The molecule has 8 heterocycles. The summed E-state index contributed by atoms with van der Waals surface area (Å²) in [4.78, 5) is 30.1. The first-order valence-corrected chi connectivity index (χ1v) is 43.2. The van der Waals surface area contributed by atoms with E-state index in [0.29, 0.717) is 57.2 Å². The molecule has 0 radical (unpaired) electrons. The second kappa shape index (κ2) is 30.3. The van der Waals surface area contributed by atoms with E-state index in [2.05, 4.69) is 273 Å². The Balaban J connectivity index is 0.000000140. The number of hydrogen-bond acceptors (Lipinski definition) is 10. The van der Waals surface area contributed by atoms with Gasteiger partial charge < -0.3 is 27.1 Å². The average Bonchev–Trinajstić information content (AvgIpc) is 1.54. The number of para-hydroxylation sites is 6. The van der Waals surface area contributed by atoms with Gasteiger partial charge in [0, 0.05) is 93.2 Å². The summed E-state index contributed by atoms with van der Waals surface area (Å²) in [5.74, 6) is 3.16. The molecule has 8 aromatic heterocycles. The van der Waals surface area contributed by atoms with Crippen LogP contribution in [0.5, 0.6) is 0 Å². The minimum Gasteiger partial charge on any atom is -0.455 e. The van der Waals surface area contributed by atoms with E-state index < -0.39 is 0 Å². The fraction of sp³-hybridized carbons (Fsp3) is 0. The molecule has 0 atom stereocenters. The predicted octanol–water partition coefficient (Wildman–Crippen LogP) is 29.0. The number of aromatic nitrogens is 10. The van der Waals surface area contributed by atoms with Crippen LogP contribution in [0.3, 0.4) is 0 Å². The van der Waals surface area contributed by atoms with Crippen molar-refractivity contribution in [1.82, 2.24) is 48.2 Å². The standard InChI is InChI=1S/2C58H34N6O/c59-35-41-34-40(58-61-56(37-17-6-2-7-18-37)60-57(62-58)39-20-14-19-38(33-39)36-15-4-1-5-16-36)27-30-47(41)64-49-26-13-11-24-45(49)52-50(64)31-28-46-53-51(65-55(46)52)32-29-44-43-23-10-12-25-48(43)63(54(44)53)42-21-8-3-9-22-42;59-35-41-34-40(58-61-56(37-17-6-2-7-18-37)60-57(62-58)39-20-14-19-38(33-39)36-15-4-1-5-16-36)27-29-46(41)64-48-26-13-11-24-44(48)53-50(64)30-28-45-54-51(65-55(45)53)32-31-49-52(54)43-23-10-12-25-47(43)63(49)42-21-8-3-9-22-42/h2*1-34H. The Labute approximate surface area is 742 Å². The molecule has 0 amide bonds. The van der Waals surface area contributed by atoms with Gasteiger partial charge in [-0.1, -0.05) is 267 Å². The minimum absolute atomic E-state index is 0.479. The summed E-state index contributed by atoms with van der Waals surface area (Å²) in [6.07, 6.45) is 0. The molecule has 14 nitrogen and oxygen atoms in total. The molecule has 0 aliphatic heterocycles. The molecule has 26 aromatic rings. The first kappa shape index (κ1) is 74.4. The Morgan fingerprint density at radius 1 is 0.200 bits per heavy atom. The fourth-order valence-electron chi connectivity index (χ4n) is 19.4. The van der Waals surface area contributed by atoms with Crippen LogP contribution in [0.4, 0.5) is 0 Å². The molecule has 0 spiro atoms. The maximum atomic E-state index is 10.9. The van der Waals surface area contributed by atoms with Crippen molar-refractivity contribution in [1.29, 1.82) is 10.5 Å². The Bertz CT molecular complexity index is 9190. The number of rotatable bonds is 12. The summed E-state index contributed by atoms with van der Waals surface area (Å²) in [5.41, 5.74) is 25.5. The van der Waals surface area contributed by atoms with Gasteiger partial charge in [0.05, 0.1) is 82.8 Å². The Morgan fingerprint density at radius 3 is 0.969 bits per heavy atom. The molecule has 14 heteroatoms. The zero-order valence-electron chi connectivity index (χ0n) is 69.4. The molecule has 0 aliphatic carbocycles. The highest BCUT2D eigenvalue weighted by Gasteiger charge is 2.28. The second-order valence-electron chi connectivity index (χ2n) is 32.6. The van der Waals surface area contributed by atoms with Gasteiger partial charge >= 0.3 is 0 Å². The van der Waals surface area contributed by atoms with Gasteiger partial charge in [-0.15, -0.1) is 0 Å². The van der Waals surface area contributed by atoms with Crippen LogP contribution in [0, 0.1) is 22.7 Å². The number of nitriles is 2. The summed E-state index contributed by atoms with van der Waals surface area (Å²) in [6, 6.07) is 146. The maximum Gasteiger partial charge on any atom is 0.164 e. The molecule has 0 saturated heterocycles. The van der Waals surface area contributed by atoms with Crippen molar-refractivity contribution in [3.8, 4) is 125 Å². The van der Waals surface area contributed by atoms with Crippen LogP contribution in [-0.2, 0) is 0 Å². The lowest BCUT2D eigenvalue weighted by atomic mass is 10.0. The summed E-state index contributed by atoms with van der Waals surface area (Å²) in [6.45, 7) is 0. The van der Waals surface area contributed by atoms with Crippen LogP contribution in [-0.4, -0.2) is 48.2 Å². The lowest BCUT2D eigenvalue weighted by Crippen LogP contribution is -2.02. The van der Waals surface area contributed by atoms with Gasteiger partial charge in [0.2, 0.25) is 0 Å². The number of hydrogen-bond donors (Lipinski definition) is 0. The molecule has 130 heavy (non-hydrogen) atoms.